The zero-order valence-corrected chi connectivity index (χ0v) is 19.6. The summed E-state index contributed by atoms with van der Waals surface area (Å²) in [5, 5.41) is 5.77. The number of alkyl halides is 3. The van der Waals surface area contributed by atoms with E-state index in [-0.39, 0.29) is 11.7 Å². The molecule has 0 unspecified atom stereocenters. The van der Waals surface area contributed by atoms with Gasteiger partial charge in [0.1, 0.15) is 11.5 Å². The van der Waals surface area contributed by atoms with Gasteiger partial charge in [0.05, 0.1) is 12.3 Å². The van der Waals surface area contributed by atoms with Gasteiger partial charge in [0.2, 0.25) is 5.91 Å². The summed E-state index contributed by atoms with van der Waals surface area (Å²) in [6.45, 7) is 2.65. The minimum absolute atomic E-state index is 0.333. The predicted octanol–water partition coefficient (Wildman–Crippen LogP) is 6.86. The van der Waals surface area contributed by atoms with Crippen molar-refractivity contribution in [3.63, 3.8) is 0 Å². The molecule has 1 saturated carbocycles. The molecule has 0 spiro atoms. The molecule has 0 atom stereocenters. The van der Waals surface area contributed by atoms with Crippen LogP contribution in [0.4, 0.5) is 30.4 Å². The van der Waals surface area contributed by atoms with E-state index in [4.69, 9.17) is 4.74 Å². The Morgan fingerprint density at radius 1 is 1.11 bits per heavy atom. The molecule has 1 fully saturated rings. The number of halogens is 3. The van der Waals surface area contributed by atoms with Crippen LogP contribution in [0.3, 0.4) is 0 Å². The second-order valence-corrected chi connectivity index (χ2v) is 8.52. The van der Waals surface area contributed by atoms with Crippen molar-refractivity contribution in [3.05, 3.63) is 78.0 Å². The summed E-state index contributed by atoms with van der Waals surface area (Å²) in [6.07, 6.45) is 3.53. The molecule has 1 heterocycles. The number of rotatable bonds is 9. The summed E-state index contributed by atoms with van der Waals surface area (Å²) in [5.74, 6) is 1.000. The summed E-state index contributed by atoms with van der Waals surface area (Å²) in [4.78, 5) is 16.9. The maximum Gasteiger partial charge on any atom is 0.573 e. The van der Waals surface area contributed by atoms with E-state index < -0.39 is 6.36 Å². The number of amides is 1. The molecule has 4 rings (SSSR count). The third kappa shape index (κ3) is 7.00. The Kier molecular flexibility index (Phi) is 7.77. The highest BCUT2D eigenvalue weighted by Crippen LogP contribution is 2.31. The summed E-state index contributed by atoms with van der Waals surface area (Å²) in [7, 11) is 0. The summed E-state index contributed by atoms with van der Waals surface area (Å²) < 4.78 is 47.0. The molecule has 0 radical (unpaired) electrons. The van der Waals surface area contributed by atoms with Crippen molar-refractivity contribution in [1.29, 1.82) is 0 Å². The van der Waals surface area contributed by atoms with Crippen molar-refractivity contribution in [3.8, 4) is 11.5 Å². The average Bonchev–Trinajstić information content (AvgIpc) is 2.79. The van der Waals surface area contributed by atoms with Crippen LogP contribution in [0.25, 0.3) is 6.08 Å². The van der Waals surface area contributed by atoms with Crippen molar-refractivity contribution in [2.75, 3.05) is 17.2 Å². The van der Waals surface area contributed by atoms with Gasteiger partial charge in [-0.25, -0.2) is 4.98 Å². The van der Waals surface area contributed by atoms with E-state index in [1.165, 1.54) is 55.8 Å². The Bertz CT molecular complexity index is 1220. The molecule has 36 heavy (non-hydrogen) atoms. The number of anilines is 3. The van der Waals surface area contributed by atoms with E-state index in [9.17, 15) is 18.0 Å². The minimum atomic E-state index is -4.76. The molecule has 0 bridgehead atoms. The number of ether oxygens (including phenoxy) is 2. The molecule has 1 amide bonds. The van der Waals surface area contributed by atoms with Gasteiger partial charge in [-0.2, -0.15) is 0 Å². The number of benzene rings is 2. The Morgan fingerprint density at radius 2 is 1.89 bits per heavy atom. The number of hydrogen-bond acceptors (Lipinski definition) is 5. The first-order chi connectivity index (χ1) is 17.3. The third-order valence-electron chi connectivity index (χ3n) is 5.76. The minimum Gasteiger partial charge on any atom is -0.492 e. The van der Waals surface area contributed by atoms with Crippen LogP contribution in [0, 0.1) is 12.8 Å². The maximum absolute atomic E-state index is 12.7. The van der Waals surface area contributed by atoms with Gasteiger partial charge in [0.25, 0.3) is 0 Å². The number of aromatic nitrogens is 1. The number of para-hydroxylation sites is 1. The topological polar surface area (TPSA) is 72.5 Å². The number of carbonyl (C=O) groups is 1. The Balaban J connectivity index is 1.41. The Morgan fingerprint density at radius 3 is 2.58 bits per heavy atom. The lowest BCUT2D eigenvalue weighted by atomic mass is 9.86. The Hall–Kier alpha value is -4.01. The van der Waals surface area contributed by atoms with Crippen LogP contribution >= 0.6 is 0 Å². The van der Waals surface area contributed by atoms with Crippen molar-refractivity contribution in [2.24, 2.45) is 5.92 Å². The number of nitrogens with one attached hydrogen (secondary N) is 2. The van der Waals surface area contributed by atoms with E-state index in [1.807, 2.05) is 25.1 Å². The molecule has 2 aromatic carbocycles. The van der Waals surface area contributed by atoms with E-state index in [0.717, 1.165) is 16.9 Å². The fraction of sp³-hybridized carbons (Fsp3) is 0.259. The predicted molar refractivity (Wildman–Crippen MR) is 132 cm³/mol. The number of pyridine rings is 1. The Labute approximate surface area is 207 Å². The number of nitrogens with zero attached hydrogens (tertiary/aromatic N) is 1. The summed E-state index contributed by atoms with van der Waals surface area (Å²) in [6, 6.07) is 14.3. The number of hydrogen-bond donors (Lipinski definition) is 2. The molecule has 1 aromatic heterocycles. The van der Waals surface area contributed by atoms with Crippen LogP contribution in [-0.4, -0.2) is 23.9 Å². The lowest BCUT2D eigenvalue weighted by Gasteiger charge is -2.26. The fourth-order valence-corrected chi connectivity index (χ4v) is 3.69. The highest BCUT2D eigenvalue weighted by atomic mass is 19.4. The average molecular weight is 498 g/mol. The molecule has 9 heteroatoms. The molecule has 188 valence electrons. The van der Waals surface area contributed by atoms with E-state index in [1.54, 1.807) is 18.2 Å². The molecular formula is C27H26F3N3O3. The zero-order chi connectivity index (χ0) is 25.5. The van der Waals surface area contributed by atoms with Crippen LogP contribution in [0.1, 0.15) is 30.4 Å². The van der Waals surface area contributed by atoms with Crippen molar-refractivity contribution >= 4 is 29.2 Å². The van der Waals surface area contributed by atoms with Crippen molar-refractivity contribution in [2.45, 2.75) is 32.5 Å². The largest absolute Gasteiger partial charge is 0.573 e. The van der Waals surface area contributed by atoms with Gasteiger partial charge >= 0.3 is 6.36 Å². The van der Waals surface area contributed by atoms with Gasteiger partial charge in [0, 0.05) is 23.5 Å². The van der Waals surface area contributed by atoms with Crippen molar-refractivity contribution in [1.82, 2.24) is 4.98 Å². The van der Waals surface area contributed by atoms with Crippen LogP contribution < -0.4 is 20.1 Å². The van der Waals surface area contributed by atoms with Gasteiger partial charge < -0.3 is 20.1 Å². The fourth-order valence-electron chi connectivity index (χ4n) is 3.69. The van der Waals surface area contributed by atoms with E-state index in [2.05, 4.69) is 20.4 Å². The first-order valence-corrected chi connectivity index (χ1v) is 11.6. The molecule has 0 aliphatic heterocycles. The molecule has 1 aliphatic carbocycles. The van der Waals surface area contributed by atoms with E-state index in [0.29, 0.717) is 29.7 Å². The molecular weight excluding hydrogens is 471 g/mol. The molecule has 3 aromatic rings. The lowest BCUT2D eigenvalue weighted by molar-refractivity contribution is -0.274. The molecule has 1 aliphatic rings. The smallest absolute Gasteiger partial charge is 0.492 e. The zero-order valence-electron chi connectivity index (χ0n) is 19.6. The monoisotopic (exact) mass is 497 g/mol. The lowest BCUT2D eigenvalue weighted by Crippen LogP contribution is -2.19. The SMILES string of the molecule is Cc1cccc(C=CC(=O)Nc2cccnc2Nc2ccc(OC(F)(F)F)cc2)c1OCC1CCC1. The molecule has 6 nitrogen and oxygen atoms in total. The standard InChI is InChI=1S/C27H26F3N3O3/c1-18-5-2-8-20(25(18)35-17-19-6-3-7-19)10-15-24(34)33-23-9-4-16-31-26(23)32-21-11-13-22(14-12-21)36-27(28,29)30/h2,4-5,8-16,19H,3,6-7,17H2,1H3,(H,31,32)(H,33,34). The van der Waals surface area contributed by atoms with Gasteiger partial charge in [-0.1, -0.05) is 24.6 Å². The second-order valence-electron chi connectivity index (χ2n) is 8.52. The first kappa shape index (κ1) is 25.1. The van der Waals surface area contributed by atoms with Crippen LogP contribution in [-0.2, 0) is 4.79 Å². The van der Waals surface area contributed by atoms with Gasteiger partial charge in [0.15, 0.2) is 5.82 Å². The van der Waals surface area contributed by atoms with Crippen LogP contribution in [0.2, 0.25) is 0 Å². The quantitative estimate of drug-likeness (QED) is 0.316. The van der Waals surface area contributed by atoms with Crippen LogP contribution in [0.5, 0.6) is 11.5 Å². The van der Waals surface area contributed by atoms with E-state index >= 15 is 0 Å². The maximum atomic E-state index is 12.7. The van der Waals surface area contributed by atoms with Gasteiger partial charge in [-0.3, -0.25) is 4.79 Å². The van der Waals surface area contributed by atoms with Crippen molar-refractivity contribution < 1.29 is 27.4 Å². The third-order valence-corrected chi connectivity index (χ3v) is 5.76. The highest BCUT2D eigenvalue weighted by molar-refractivity contribution is 6.03. The van der Waals surface area contributed by atoms with Crippen LogP contribution in [0.15, 0.2) is 66.9 Å². The molecule has 2 N–H and O–H groups in total. The summed E-state index contributed by atoms with van der Waals surface area (Å²) >= 11 is 0. The number of carbonyl (C=O) groups excluding carboxylic acids is 1. The second kappa shape index (κ2) is 11.2. The summed E-state index contributed by atoms with van der Waals surface area (Å²) in [5.41, 5.74) is 2.70. The molecule has 0 saturated heterocycles. The van der Waals surface area contributed by atoms with Gasteiger partial charge in [-0.15, -0.1) is 13.2 Å². The first-order valence-electron chi connectivity index (χ1n) is 11.6. The van der Waals surface area contributed by atoms with Gasteiger partial charge in [-0.05, 0) is 73.7 Å². The highest BCUT2D eigenvalue weighted by Gasteiger charge is 2.31. The normalized spacial score (nSPS) is 13.8. The number of aryl methyl sites for hydroxylation is 1.